The maximum Gasteiger partial charge on any atom is 0.153 e. The third-order valence-electron chi connectivity index (χ3n) is 2.35. The van der Waals surface area contributed by atoms with Gasteiger partial charge in [0.05, 0.1) is 6.54 Å². The summed E-state index contributed by atoms with van der Waals surface area (Å²) in [7, 11) is 1.87. The fourth-order valence-electron chi connectivity index (χ4n) is 1.52. The van der Waals surface area contributed by atoms with Crippen LogP contribution in [0.1, 0.15) is 11.5 Å². The normalized spacial score (nSPS) is 10.5. The number of furan rings is 1. The number of halogens is 1. The number of nitrogen functional groups attached to an aromatic ring is 1. The Bertz CT molecular complexity index is 526. The van der Waals surface area contributed by atoms with Gasteiger partial charge in [-0.25, -0.2) is 9.97 Å². The van der Waals surface area contributed by atoms with E-state index >= 15 is 0 Å². The smallest absolute Gasteiger partial charge is 0.153 e. The van der Waals surface area contributed by atoms with Crippen LogP contribution >= 0.6 is 11.6 Å². The lowest BCUT2D eigenvalue weighted by Gasteiger charge is -2.18. The minimum Gasteiger partial charge on any atom is -0.464 e. The van der Waals surface area contributed by atoms with Crippen molar-refractivity contribution < 1.29 is 4.42 Å². The second kappa shape index (κ2) is 4.63. The van der Waals surface area contributed by atoms with Gasteiger partial charge in [-0.2, -0.15) is 0 Å². The van der Waals surface area contributed by atoms with Crippen molar-refractivity contribution in [1.29, 1.82) is 0 Å². The van der Waals surface area contributed by atoms with Gasteiger partial charge in [-0.1, -0.05) is 11.6 Å². The summed E-state index contributed by atoms with van der Waals surface area (Å²) in [6.45, 7) is 2.48. The fourth-order valence-corrected chi connectivity index (χ4v) is 1.76. The van der Waals surface area contributed by atoms with E-state index in [1.807, 2.05) is 31.0 Å². The molecule has 2 aromatic heterocycles. The number of anilines is 2. The van der Waals surface area contributed by atoms with Crippen LogP contribution < -0.4 is 10.6 Å². The maximum atomic E-state index is 6.04. The summed E-state index contributed by atoms with van der Waals surface area (Å²) in [5.74, 6) is 2.59. The van der Waals surface area contributed by atoms with Gasteiger partial charge < -0.3 is 15.1 Å². The number of hydrogen-bond donors (Lipinski definition) is 1. The Morgan fingerprint density at radius 1 is 1.41 bits per heavy atom. The van der Waals surface area contributed by atoms with Gasteiger partial charge >= 0.3 is 0 Å². The van der Waals surface area contributed by atoms with Crippen molar-refractivity contribution in [1.82, 2.24) is 9.97 Å². The monoisotopic (exact) mass is 252 g/mol. The summed E-state index contributed by atoms with van der Waals surface area (Å²) in [6, 6.07) is 3.84. The molecule has 0 aromatic carbocycles. The van der Waals surface area contributed by atoms with Gasteiger partial charge in [-0.15, -0.1) is 0 Å². The van der Waals surface area contributed by atoms with Crippen LogP contribution in [0.4, 0.5) is 11.6 Å². The molecule has 0 fully saturated rings. The molecule has 0 aliphatic heterocycles. The van der Waals surface area contributed by atoms with Crippen molar-refractivity contribution in [2.45, 2.75) is 13.5 Å². The van der Waals surface area contributed by atoms with Crippen LogP contribution in [0.25, 0.3) is 0 Å². The molecule has 0 spiro atoms. The summed E-state index contributed by atoms with van der Waals surface area (Å²) in [4.78, 5) is 9.78. The Labute approximate surface area is 104 Å². The number of hydrogen-bond acceptors (Lipinski definition) is 5. The summed E-state index contributed by atoms with van der Waals surface area (Å²) >= 11 is 6.04. The standard InChI is InChI=1S/C11H13ClN4O/c1-7-3-4-8(17-7)5-16(2)11-9(12)10(13)14-6-15-11/h3-4,6H,5H2,1-2H3,(H2,13,14,15). The van der Waals surface area contributed by atoms with E-state index in [-0.39, 0.29) is 5.82 Å². The van der Waals surface area contributed by atoms with Gasteiger partial charge in [0.15, 0.2) is 5.82 Å². The Balaban J connectivity index is 2.20. The van der Waals surface area contributed by atoms with E-state index in [0.717, 1.165) is 11.5 Å². The molecule has 5 nitrogen and oxygen atoms in total. The van der Waals surface area contributed by atoms with Gasteiger partial charge in [0, 0.05) is 7.05 Å². The van der Waals surface area contributed by atoms with Gasteiger partial charge in [-0.05, 0) is 19.1 Å². The number of aromatic nitrogens is 2. The van der Waals surface area contributed by atoms with E-state index in [9.17, 15) is 0 Å². The van der Waals surface area contributed by atoms with Crippen LogP contribution in [0.3, 0.4) is 0 Å². The van der Waals surface area contributed by atoms with Crippen LogP contribution in [0, 0.1) is 6.92 Å². The molecule has 0 saturated heterocycles. The zero-order valence-electron chi connectivity index (χ0n) is 9.64. The van der Waals surface area contributed by atoms with Crippen LogP contribution in [-0.4, -0.2) is 17.0 Å². The SMILES string of the molecule is Cc1ccc(CN(C)c2ncnc(N)c2Cl)o1. The summed E-state index contributed by atoms with van der Waals surface area (Å²) in [6.07, 6.45) is 1.39. The molecule has 0 bridgehead atoms. The summed E-state index contributed by atoms with van der Waals surface area (Å²) in [5.41, 5.74) is 5.62. The molecule has 90 valence electrons. The van der Waals surface area contributed by atoms with Crippen molar-refractivity contribution in [3.63, 3.8) is 0 Å². The number of nitrogens with zero attached hydrogens (tertiary/aromatic N) is 3. The lowest BCUT2D eigenvalue weighted by atomic mass is 10.4. The van der Waals surface area contributed by atoms with Gasteiger partial charge in [-0.3, -0.25) is 0 Å². The van der Waals surface area contributed by atoms with Crippen LogP contribution in [-0.2, 0) is 6.54 Å². The zero-order valence-corrected chi connectivity index (χ0v) is 10.4. The molecule has 0 aliphatic carbocycles. The molecule has 0 amide bonds. The highest BCUT2D eigenvalue weighted by Gasteiger charge is 2.12. The first kappa shape index (κ1) is 11.7. The third kappa shape index (κ3) is 2.50. The maximum absolute atomic E-state index is 6.04. The highest BCUT2D eigenvalue weighted by atomic mass is 35.5. The van der Waals surface area contributed by atoms with Gasteiger partial charge in [0.1, 0.15) is 28.7 Å². The highest BCUT2D eigenvalue weighted by molar-refractivity contribution is 6.35. The number of rotatable bonds is 3. The molecule has 0 aliphatic rings. The second-order valence-corrected chi connectivity index (χ2v) is 4.14. The minimum atomic E-state index is 0.277. The Morgan fingerprint density at radius 3 is 2.82 bits per heavy atom. The minimum absolute atomic E-state index is 0.277. The van der Waals surface area contributed by atoms with Crippen LogP contribution in [0.15, 0.2) is 22.9 Å². The molecule has 2 aromatic rings. The Kier molecular flexibility index (Phi) is 3.19. The quantitative estimate of drug-likeness (QED) is 0.907. The third-order valence-corrected chi connectivity index (χ3v) is 2.71. The van der Waals surface area contributed by atoms with Gasteiger partial charge in [0.2, 0.25) is 0 Å². The first-order chi connectivity index (χ1) is 8.08. The van der Waals surface area contributed by atoms with Crippen molar-refractivity contribution in [3.8, 4) is 0 Å². The molecule has 2 heterocycles. The lowest BCUT2D eigenvalue weighted by Crippen LogP contribution is -2.18. The molecule has 2 rings (SSSR count). The molecule has 0 unspecified atom stereocenters. The molecular formula is C11H13ClN4O. The van der Waals surface area contributed by atoms with Crippen molar-refractivity contribution >= 4 is 23.2 Å². The molecule has 2 N–H and O–H groups in total. The Hall–Kier alpha value is -1.75. The number of nitrogens with two attached hydrogens (primary N) is 1. The van der Waals surface area contributed by atoms with E-state index in [0.29, 0.717) is 17.4 Å². The van der Waals surface area contributed by atoms with E-state index < -0.39 is 0 Å². The van der Waals surface area contributed by atoms with E-state index in [4.69, 9.17) is 21.8 Å². The summed E-state index contributed by atoms with van der Waals surface area (Å²) in [5, 5.41) is 0.360. The Morgan fingerprint density at radius 2 is 2.18 bits per heavy atom. The van der Waals surface area contributed by atoms with Crippen molar-refractivity contribution in [3.05, 3.63) is 35.0 Å². The van der Waals surface area contributed by atoms with Crippen molar-refractivity contribution in [2.24, 2.45) is 0 Å². The molecule has 0 atom stereocenters. The molecule has 6 heteroatoms. The first-order valence-corrected chi connectivity index (χ1v) is 5.48. The largest absolute Gasteiger partial charge is 0.464 e. The molecule has 0 radical (unpaired) electrons. The lowest BCUT2D eigenvalue weighted by molar-refractivity contribution is 0.481. The van der Waals surface area contributed by atoms with Crippen LogP contribution in [0.2, 0.25) is 5.02 Å². The molecule has 17 heavy (non-hydrogen) atoms. The first-order valence-electron chi connectivity index (χ1n) is 5.10. The average Bonchev–Trinajstić information content (AvgIpc) is 2.68. The van der Waals surface area contributed by atoms with E-state index in [2.05, 4.69) is 9.97 Å². The van der Waals surface area contributed by atoms with E-state index in [1.165, 1.54) is 6.33 Å². The zero-order chi connectivity index (χ0) is 12.4. The molecular weight excluding hydrogens is 240 g/mol. The fraction of sp³-hybridized carbons (Fsp3) is 0.273. The van der Waals surface area contributed by atoms with Crippen molar-refractivity contribution in [2.75, 3.05) is 17.7 Å². The van der Waals surface area contributed by atoms with E-state index in [1.54, 1.807) is 0 Å². The topological polar surface area (TPSA) is 68.2 Å². The number of aryl methyl sites for hydroxylation is 1. The van der Waals surface area contributed by atoms with Gasteiger partial charge in [0.25, 0.3) is 0 Å². The molecule has 0 saturated carbocycles. The predicted molar refractivity (Wildman–Crippen MR) is 67.0 cm³/mol. The highest BCUT2D eigenvalue weighted by Crippen LogP contribution is 2.27. The predicted octanol–water partition coefficient (Wildman–Crippen LogP) is 2.25. The van der Waals surface area contributed by atoms with Crippen LogP contribution in [0.5, 0.6) is 0 Å². The summed E-state index contributed by atoms with van der Waals surface area (Å²) < 4.78 is 5.49. The average molecular weight is 253 g/mol. The second-order valence-electron chi connectivity index (χ2n) is 3.76.